The highest BCUT2D eigenvalue weighted by Gasteiger charge is 2.19. The van der Waals surface area contributed by atoms with Crippen LogP contribution in [0.3, 0.4) is 0 Å². The van der Waals surface area contributed by atoms with Crippen LogP contribution in [0.25, 0.3) is 0 Å². The van der Waals surface area contributed by atoms with E-state index < -0.39 is 5.82 Å². The predicted octanol–water partition coefficient (Wildman–Crippen LogP) is 2.23. The van der Waals surface area contributed by atoms with E-state index in [0.29, 0.717) is 12.6 Å². The molecule has 0 aliphatic carbocycles. The number of nitrogens with one attached hydrogen (secondary N) is 2. The molecule has 2 rings (SSSR count). The summed E-state index contributed by atoms with van der Waals surface area (Å²) in [5.74, 6) is -0.558. The predicted molar refractivity (Wildman–Crippen MR) is 82.8 cm³/mol. The van der Waals surface area contributed by atoms with Crippen LogP contribution in [0.2, 0.25) is 0 Å². The first-order valence-corrected chi connectivity index (χ1v) is 7.69. The molecule has 1 aromatic rings. The Morgan fingerprint density at radius 2 is 2.29 bits per heavy atom. The number of carbonyl (C=O) groups is 1. The minimum absolute atomic E-state index is 0.161. The highest BCUT2D eigenvalue weighted by Crippen LogP contribution is 2.12. The topological polar surface area (TPSA) is 44.4 Å². The van der Waals surface area contributed by atoms with E-state index in [4.69, 9.17) is 0 Å². The van der Waals surface area contributed by atoms with Crippen LogP contribution >= 0.6 is 0 Å². The van der Waals surface area contributed by atoms with Gasteiger partial charge in [0.2, 0.25) is 5.91 Å². The van der Waals surface area contributed by atoms with Gasteiger partial charge in [0.25, 0.3) is 0 Å². The maximum atomic E-state index is 13.5. The number of para-hydroxylation sites is 1. The molecule has 1 fully saturated rings. The van der Waals surface area contributed by atoms with Gasteiger partial charge in [0.1, 0.15) is 5.82 Å². The van der Waals surface area contributed by atoms with Crippen molar-refractivity contribution in [3.8, 4) is 0 Å². The molecule has 1 atom stereocenters. The lowest BCUT2D eigenvalue weighted by Crippen LogP contribution is -2.41. The van der Waals surface area contributed by atoms with Crippen LogP contribution in [0, 0.1) is 5.82 Å². The number of hydrogen-bond donors (Lipinski definition) is 2. The summed E-state index contributed by atoms with van der Waals surface area (Å²) in [6.45, 7) is 5.22. The fraction of sp³-hybridized carbons (Fsp3) is 0.562. The Hall–Kier alpha value is -1.46. The molecule has 1 amide bonds. The van der Waals surface area contributed by atoms with Gasteiger partial charge in [0.05, 0.1) is 12.2 Å². The number of halogens is 1. The van der Waals surface area contributed by atoms with Gasteiger partial charge in [0, 0.05) is 12.6 Å². The second kappa shape index (κ2) is 8.10. The van der Waals surface area contributed by atoms with Crippen molar-refractivity contribution in [1.82, 2.24) is 10.2 Å². The fourth-order valence-corrected chi connectivity index (χ4v) is 2.73. The zero-order chi connectivity index (χ0) is 15.1. The average molecular weight is 293 g/mol. The summed E-state index contributed by atoms with van der Waals surface area (Å²) in [6.07, 6.45) is 3.36. The van der Waals surface area contributed by atoms with E-state index in [2.05, 4.69) is 22.5 Å². The van der Waals surface area contributed by atoms with E-state index in [-0.39, 0.29) is 11.6 Å². The van der Waals surface area contributed by atoms with Crippen LogP contribution in [0.1, 0.15) is 26.2 Å². The van der Waals surface area contributed by atoms with Crippen LogP contribution < -0.4 is 10.6 Å². The number of nitrogens with zero attached hydrogens (tertiary/aromatic N) is 1. The monoisotopic (exact) mass is 293 g/mol. The van der Waals surface area contributed by atoms with Crippen molar-refractivity contribution in [2.24, 2.45) is 0 Å². The first-order valence-electron chi connectivity index (χ1n) is 7.69. The molecule has 0 radical (unpaired) electrons. The normalized spacial score (nSPS) is 18.1. The Balaban J connectivity index is 1.86. The Morgan fingerprint density at radius 3 is 2.95 bits per heavy atom. The summed E-state index contributed by atoms with van der Waals surface area (Å²) in [4.78, 5) is 14.2. The third-order valence-electron chi connectivity index (χ3n) is 3.70. The summed E-state index contributed by atoms with van der Waals surface area (Å²) in [6, 6.07) is 6.72. The molecule has 0 spiro atoms. The molecule has 21 heavy (non-hydrogen) atoms. The van der Waals surface area contributed by atoms with Crippen LogP contribution in [0.5, 0.6) is 0 Å². The standard InChI is InChI=1S/C16H24FN3O/c1-2-10-20(11-13-6-5-9-18-13)12-16(21)19-15-8-4-3-7-14(15)17/h3-4,7-8,13,18H,2,5-6,9-12H2,1H3,(H,19,21). The number of anilines is 1. The van der Waals surface area contributed by atoms with E-state index in [1.54, 1.807) is 18.2 Å². The molecule has 0 saturated carbocycles. The Kier molecular flexibility index (Phi) is 6.14. The average Bonchev–Trinajstić information content (AvgIpc) is 2.94. The van der Waals surface area contributed by atoms with Crippen LogP contribution in [-0.2, 0) is 4.79 Å². The SMILES string of the molecule is CCCN(CC(=O)Nc1ccccc1F)CC1CCCN1. The highest BCUT2D eigenvalue weighted by atomic mass is 19.1. The van der Waals surface area contributed by atoms with E-state index in [1.165, 1.54) is 12.5 Å². The Morgan fingerprint density at radius 1 is 1.48 bits per heavy atom. The van der Waals surface area contributed by atoms with Crippen molar-refractivity contribution in [1.29, 1.82) is 0 Å². The molecule has 0 bridgehead atoms. The summed E-state index contributed by atoms with van der Waals surface area (Å²) in [5.41, 5.74) is 0.248. The van der Waals surface area contributed by atoms with Gasteiger partial charge in [-0.15, -0.1) is 0 Å². The molecule has 1 unspecified atom stereocenters. The summed E-state index contributed by atoms with van der Waals surface area (Å²) in [5, 5.41) is 6.09. The minimum Gasteiger partial charge on any atom is -0.322 e. The third-order valence-corrected chi connectivity index (χ3v) is 3.70. The quantitative estimate of drug-likeness (QED) is 0.810. The van der Waals surface area contributed by atoms with Crippen molar-refractivity contribution in [3.63, 3.8) is 0 Å². The second-order valence-corrected chi connectivity index (χ2v) is 5.56. The molecule has 5 heteroatoms. The van der Waals surface area contributed by atoms with E-state index >= 15 is 0 Å². The number of carbonyl (C=O) groups excluding carboxylic acids is 1. The second-order valence-electron chi connectivity index (χ2n) is 5.56. The van der Waals surface area contributed by atoms with Gasteiger partial charge in [0.15, 0.2) is 0 Å². The van der Waals surface area contributed by atoms with Gasteiger partial charge in [-0.3, -0.25) is 9.69 Å². The van der Waals surface area contributed by atoms with Crippen molar-refractivity contribution in [3.05, 3.63) is 30.1 Å². The largest absolute Gasteiger partial charge is 0.322 e. The van der Waals surface area contributed by atoms with Gasteiger partial charge in [-0.2, -0.15) is 0 Å². The molecule has 1 saturated heterocycles. The number of rotatable bonds is 7. The maximum Gasteiger partial charge on any atom is 0.238 e. The number of benzene rings is 1. The van der Waals surface area contributed by atoms with E-state index in [9.17, 15) is 9.18 Å². The molecule has 0 aromatic heterocycles. The van der Waals surface area contributed by atoms with Gasteiger partial charge < -0.3 is 10.6 Å². The van der Waals surface area contributed by atoms with Gasteiger partial charge in [-0.25, -0.2) is 4.39 Å². The number of hydrogen-bond acceptors (Lipinski definition) is 3. The molecule has 2 N–H and O–H groups in total. The Bertz CT molecular complexity index is 461. The molecule has 116 valence electrons. The van der Waals surface area contributed by atoms with Crippen molar-refractivity contribution in [2.75, 3.05) is 31.5 Å². The lowest BCUT2D eigenvalue weighted by atomic mass is 10.2. The lowest BCUT2D eigenvalue weighted by molar-refractivity contribution is -0.117. The molecule has 1 heterocycles. The van der Waals surface area contributed by atoms with Gasteiger partial charge in [-0.1, -0.05) is 19.1 Å². The molecular weight excluding hydrogens is 269 g/mol. The smallest absolute Gasteiger partial charge is 0.238 e. The summed E-state index contributed by atoms with van der Waals surface area (Å²) in [7, 11) is 0. The van der Waals surface area contributed by atoms with Crippen LogP contribution in [-0.4, -0.2) is 43.0 Å². The first-order chi connectivity index (χ1) is 10.2. The maximum absolute atomic E-state index is 13.5. The summed E-state index contributed by atoms with van der Waals surface area (Å²) >= 11 is 0. The fourth-order valence-electron chi connectivity index (χ4n) is 2.73. The molecule has 4 nitrogen and oxygen atoms in total. The van der Waals surface area contributed by atoms with Gasteiger partial charge in [-0.05, 0) is 44.5 Å². The van der Waals surface area contributed by atoms with Crippen molar-refractivity contribution in [2.45, 2.75) is 32.2 Å². The summed E-state index contributed by atoms with van der Waals surface area (Å²) < 4.78 is 13.5. The van der Waals surface area contributed by atoms with E-state index in [1.807, 2.05) is 0 Å². The van der Waals surface area contributed by atoms with Gasteiger partial charge >= 0.3 is 0 Å². The molecule has 1 aliphatic heterocycles. The van der Waals surface area contributed by atoms with Crippen molar-refractivity contribution >= 4 is 11.6 Å². The van der Waals surface area contributed by atoms with E-state index in [0.717, 1.165) is 32.5 Å². The van der Waals surface area contributed by atoms with Crippen LogP contribution in [0.15, 0.2) is 24.3 Å². The zero-order valence-corrected chi connectivity index (χ0v) is 12.6. The Labute approximate surface area is 125 Å². The highest BCUT2D eigenvalue weighted by molar-refractivity contribution is 5.92. The molecular formula is C16H24FN3O. The zero-order valence-electron chi connectivity index (χ0n) is 12.6. The third kappa shape index (κ3) is 5.10. The first kappa shape index (κ1) is 15.9. The lowest BCUT2D eigenvalue weighted by Gasteiger charge is -2.24. The van der Waals surface area contributed by atoms with Crippen molar-refractivity contribution < 1.29 is 9.18 Å². The molecule has 1 aromatic carbocycles. The minimum atomic E-state index is -0.398. The van der Waals surface area contributed by atoms with Crippen LogP contribution in [0.4, 0.5) is 10.1 Å². The molecule has 1 aliphatic rings. The number of amides is 1.